The summed E-state index contributed by atoms with van der Waals surface area (Å²) in [6.45, 7) is 4.13. The van der Waals surface area contributed by atoms with Gasteiger partial charge in [0.05, 0.1) is 29.0 Å². The summed E-state index contributed by atoms with van der Waals surface area (Å²) in [5.74, 6) is -0.705. The van der Waals surface area contributed by atoms with Crippen LogP contribution in [0.15, 0.2) is 35.1 Å². The summed E-state index contributed by atoms with van der Waals surface area (Å²) in [6.07, 6.45) is 1.09. The van der Waals surface area contributed by atoms with Gasteiger partial charge in [0.15, 0.2) is 5.60 Å². The van der Waals surface area contributed by atoms with Crippen LogP contribution >= 0.6 is 12.4 Å². The van der Waals surface area contributed by atoms with E-state index >= 15 is 0 Å². The Morgan fingerprint density at radius 2 is 2.00 bits per heavy atom. The number of rotatable bonds is 2. The number of cyclic esters (lactones) is 1. The number of pyridine rings is 2. The second-order valence-electron chi connectivity index (χ2n) is 7.48. The number of carbonyl (C=O) groups excluding carboxylic acids is 1. The molecule has 0 radical (unpaired) electrons. The lowest BCUT2D eigenvalue weighted by atomic mass is 9.86. The number of fused-ring (bicyclic) bond motifs is 5. The number of aliphatic hydroxyl groups is 1. The molecule has 2 aliphatic rings. The van der Waals surface area contributed by atoms with Crippen molar-refractivity contribution in [2.24, 2.45) is 0 Å². The third kappa shape index (κ3) is 2.63. The Kier molecular flexibility index (Phi) is 4.52. The third-order valence-electron chi connectivity index (χ3n) is 5.98. The number of ether oxygens (including phenoxy) is 1. The van der Waals surface area contributed by atoms with Crippen LogP contribution in [0.1, 0.15) is 42.5 Å². The molecule has 29 heavy (non-hydrogen) atoms. The second kappa shape index (κ2) is 6.68. The van der Waals surface area contributed by atoms with E-state index in [1.165, 1.54) is 5.56 Å². The SMILES string of the molecule is CCc1ccc2nc3c(cc2c1)Cn1c-3cc2c(c1=O)COC(=O)C2(O)CC.Cl. The van der Waals surface area contributed by atoms with Gasteiger partial charge in [0, 0.05) is 16.5 Å². The molecule has 7 heteroatoms. The fraction of sp³-hybridized carbons (Fsp3) is 0.318. The highest BCUT2D eigenvalue weighted by atomic mass is 35.5. The highest BCUT2D eigenvalue weighted by molar-refractivity contribution is 5.86. The van der Waals surface area contributed by atoms with Gasteiger partial charge >= 0.3 is 5.97 Å². The van der Waals surface area contributed by atoms with Crippen molar-refractivity contribution in [2.75, 3.05) is 0 Å². The fourth-order valence-electron chi connectivity index (χ4n) is 4.26. The maximum atomic E-state index is 13.1. The van der Waals surface area contributed by atoms with Gasteiger partial charge in [0.25, 0.3) is 5.56 Å². The lowest BCUT2D eigenvalue weighted by molar-refractivity contribution is -0.172. The molecule has 0 fully saturated rings. The van der Waals surface area contributed by atoms with E-state index in [1.807, 2.05) is 6.07 Å². The Hall–Kier alpha value is -2.70. The smallest absolute Gasteiger partial charge is 0.343 e. The zero-order chi connectivity index (χ0) is 19.6. The molecule has 150 valence electrons. The highest BCUT2D eigenvalue weighted by Gasteiger charge is 2.45. The summed E-state index contributed by atoms with van der Waals surface area (Å²) in [5.41, 5.74) is 3.10. The summed E-state index contributed by atoms with van der Waals surface area (Å²) >= 11 is 0. The topological polar surface area (TPSA) is 81.4 Å². The lowest BCUT2D eigenvalue weighted by Crippen LogP contribution is -2.44. The quantitative estimate of drug-likeness (QED) is 0.512. The van der Waals surface area contributed by atoms with Crippen LogP contribution in [-0.4, -0.2) is 20.6 Å². The van der Waals surface area contributed by atoms with E-state index in [1.54, 1.807) is 17.6 Å². The average molecular weight is 413 g/mol. The molecule has 3 aromatic rings. The van der Waals surface area contributed by atoms with Crippen molar-refractivity contribution in [1.82, 2.24) is 9.55 Å². The molecule has 2 aromatic heterocycles. The van der Waals surface area contributed by atoms with Crippen LogP contribution < -0.4 is 5.56 Å². The van der Waals surface area contributed by atoms with Gasteiger partial charge in [-0.05, 0) is 42.7 Å². The Bertz CT molecular complexity index is 1230. The Labute approximate surface area is 173 Å². The predicted octanol–water partition coefficient (Wildman–Crippen LogP) is 3.06. The number of halogens is 1. The molecule has 6 nitrogen and oxygen atoms in total. The fourth-order valence-corrected chi connectivity index (χ4v) is 4.26. The molecular weight excluding hydrogens is 392 g/mol. The molecule has 0 saturated carbocycles. The van der Waals surface area contributed by atoms with Crippen LogP contribution in [0.2, 0.25) is 0 Å². The van der Waals surface area contributed by atoms with Crippen molar-refractivity contribution >= 4 is 29.3 Å². The summed E-state index contributed by atoms with van der Waals surface area (Å²) in [5, 5.41) is 11.9. The van der Waals surface area contributed by atoms with Gasteiger partial charge in [-0.25, -0.2) is 9.78 Å². The summed E-state index contributed by atoms with van der Waals surface area (Å²) in [6, 6.07) is 10.00. The van der Waals surface area contributed by atoms with E-state index in [0.717, 1.165) is 28.6 Å². The van der Waals surface area contributed by atoms with Crippen LogP contribution in [0.25, 0.3) is 22.3 Å². The van der Waals surface area contributed by atoms with Gasteiger partial charge in [0.2, 0.25) is 0 Å². The number of hydrogen-bond acceptors (Lipinski definition) is 5. The molecule has 1 unspecified atom stereocenters. The number of carbonyl (C=O) groups is 1. The minimum Gasteiger partial charge on any atom is -0.458 e. The second-order valence-corrected chi connectivity index (χ2v) is 7.48. The minimum absolute atomic E-state index is 0. The van der Waals surface area contributed by atoms with Gasteiger partial charge in [-0.1, -0.05) is 19.9 Å². The van der Waals surface area contributed by atoms with Crippen molar-refractivity contribution in [3.8, 4) is 11.4 Å². The van der Waals surface area contributed by atoms with Crippen LogP contribution in [0.3, 0.4) is 0 Å². The molecule has 0 saturated heterocycles. The Morgan fingerprint density at radius 1 is 1.21 bits per heavy atom. The van der Waals surface area contributed by atoms with Gasteiger partial charge in [0.1, 0.15) is 6.61 Å². The molecule has 0 aliphatic carbocycles. The number of aromatic nitrogens is 2. The standard InChI is InChI=1S/C22H20N2O4.ClH/c1-3-12-5-6-17-13(7-12)8-14-10-24-18(19(14)23-17)9-16-15(20(24)25)11-28-21(26)22(16,27)4-2;/h5-9,27H,3-4,10-11H2,1-2H3;1H. The summed E-state index contributed by atoms with van der Waals surface area (Å²) in [7, 11) is 0. The molecule has 1 atom stereocenters. The van der Waals surface area contributed by atoms with E-state index < -0.39 is 11.6 Å². The third-order valence-corrected chi connectivity index (χ3v) is 5.98. The first-order valence-corrected chi connectivity index (χ1v) is 9.56. The van der Waals surface area contributed by atoms with Crippen molar-refractivity contribution in [3.05, 3.63) is 62.9 Å². The predicted molar refractivity (Wildman–Crippen MR) is 111 cm³/mol. The maximum absolute atomic E-state index is 13.1. The van der Waals surface area contributed by atoms with Crippen molar-refractivity contribution < 1.29 is 14.6 Å². The van der Waals surface area contributed by atoms with E-state index in [4.69, 9.17) is 9.72 Å². The molecule has 1 N–H and O–H groups in total. The van der Waals surface area contributed by atoms with E-state index in [0.29, 0.717) is 23.4 Å². The van der Waals surface area contributed by atoms with Gasteiger partial charge in [-0.3, -0.25) is 4.79 Å². The van der Waals surface area contributed by atoms with Crippen LogP contribution in [0, 0.1) is 0 Å². The zero-order valence-corrected chi connectivity index (χ0v) is 17.0. The summed E-state index contributed by atoms with van der Waals surface area (Å²) < 4.78 is 6.76. The molecule has 5 rings (SSSR count). The average Bonchev–Trinajstić information content (AvgIpc) is 3.07. The molecule has 1 aromatic carbocycles. The monoisotopic (exact) mass is 412 g/mol. The number of hydrogen-bond donors (Lipinski definition) is 1. The zero-order valence-electron chi connectivity index (χ0n) is 16.2. The first kappa shape index (κ1) is 19.6. The first-order valence-electron chi connectivity index (χ1n) is 9.56. The van der Waals surface area contributed by atoms with Gasteiger partial charge < -0.3 is 14.4 Å². The van der Waals surface area contributed by atoms with Gasteiger partial charge in [-0.2, -0.15) is 0 Å². The first-order chi connectivity index (χ1) is 13.5. The van der Waals surface area contributed by atoms with E-state index in [2.05, 4.69) is 25.1 Å². The van der Waals surface area contributed by atoms with Gasteiger partial charge in [-0.15, -0.1) is 12.4 Å². The van der Waals surface area contributed by atoms with Crippen molar-refractivity contribution in [1.29, 1.82) is 0 Å². The number of esters is 1. The molecular formula is C22H21ClN2O4. The van der Waals surface area contributed by atoms with E-state index in [-0.39, 0.29) is 31.0 Å². The lowest BCUT2D eigenvalue weighted by Gasteiger charge is -2.31. The highest BCUT2D eigenvalue weighted by Crippen LogP contribution is 2.38. The Morgan fingerprint density at radius 3 is 2.72 bits per heavy atom. The molecule has 4 heterocycles. The number of nitrogens with zero attached hydrogens (tertiary/aromatic N) is 2. The molecule has 0 bridgehead atoms. The normalized spacial score (nSPS) is 19.2. The number of aryl methyl sites for hydroxylation is 1. The van der Waals surface area contributed by atoms with Crippen molar-refractivity contribution in [3.63, 3.8) is 0 Å². The van der Waals surface area contributed by atoms with Crippen LogP contribution in [0.5, 0.6) is 0 Å². The van der Waals surface area contributed by atoms with Crippen LogP contribution in [0.4, 0.5) is 0 Å². The summed E-state index contributed by atoms with van der Waals surface area (Å²) in [4.78, 5) is 30.1. The molecule has 0 amide bonds. The number of benzene rings is 1. The maximum Gasteiger partial charge on any atom is 0.343 e. The molecule has 0 spiro atoms. The van der Waals surface area contributed by atoms with Crippen molar-refractivity contribution in [2.45, 2.75) is 45.4 Å². The molecule has 2 aliphatic heterocycles. The largest absolute Gasteiger partial charge is 0.458 e. The Balaban J connectivity index is 0.00000205. The van der Waals surface area contributed by atoms with Crippen LogP contribution in [-0.2, 0) is 34.7 Å². The minimum atomic E-state index is -1.79. The van der Waals surface area contributed by atoms with E-state index in [9.17, 15) is 14.7 Å².